The third-order valence-electron chi connectivity index (χ3n) is 3.08. The summed E-state index contributed by atoms with van der Waals surface area (Å²) >= 11 is 1.61. The molecule has 0 atom stereocenters. The van der Waals surface area contributed by atoms with Gasteiger partial charge in [-0.05, 0) is 45.0 Å². The van der Waals surface area contributed by atoms with Gasteiger partial charge >= 0.3 is 0 Å². The maximum absolute atomic E-state index is 12.0. The summed E-state index contributed by atoms with van der Waals surface area (Å²) in [7, 11) is 0. The summed E-state index contributed by atoms with van der Waals surface area (Å²) in [6, 6.07) is 3.99. The molecule has 2 heterocycles. The molecule has 0 amide bonds. The molecule has 0 bridgehead atoms. The number of ketones is 1. The van der Waals surface area contributed by atoms with Crippen molar-refractivity contribution in [3.63, 3.8) is 0 Å². The Bertz CT molecular complexity index is 351. The molecule has 0 aromatic carbocycles. The molecule has 1 fully saturated rings. The van der Waals surface area contributed by atoms with Gasteiger partial charge in [-0.3, -0.25) is 9.69 Å². The van der Waals surface area contributed by atoms with Gasteiger partial charge in [0.25, 0.3) is 0 Å². The van der Waals surface area contributed by atoms with Crippen LogP contribution in [0.4, 0.5) is 0 Å². The lowest BCUT2D eigenvalue weighted by molar-refractivity contribution is 0.0937. The number of carbonyl (C=O) groups excluding carboxylic acids is 1. The van der Waals surface area contributed by atoms with Gasteiger partial charge in [-0.25, -0.2) is 0 Å². The summed E-state index contributed by atoms with van der Waals surface area (Å²) in [6.07, 6.45) is 5.14. The van der Waals surface area contributed by atoms with Crippen LogP contribution in [0.1, 0.15) is 40.2 Å². The Morgan fingerprint density at radius 2 is 1.94 bits per heavy atom. The molecule has 0 saturated carbocycles. The van der Waals surface area contributed by atoms with E-state index in [1.54, 1.807) is 11.3 Å². The van der Waals surface area contributed by atoms with Crippen molar-refractivity contribution in [2.75, 3.05) is 19.6 Å². The number of likely N-dealkylation sites (tertiary alicyclic amines) is 1. The highest BCUT2D eigenvalue weighted by Gasteiger charge is 2.15. The molecule has 1 saturated heterocycles. The standard InChI is InChI=1S/C13H19NOS/c1-11-6-7-13(16-11)12(15)10-14-8-4-2-3-5-9-14/h6-7H,2-5,8-10H2,1H3. The predicted molar refractivity (Wildman–Crippen MR) is 68.3 cm³/mol. The van der Waals surface area contributed by atoms with Gasteiger partial charge < -0.3 is 0 Å². The third kappa shape index (κ3) is 3.16. The first-order valence-electron chi connectivity index (χ1n) is 6.08. The van der Waals surface area contributed by atoms with Crippen LogP contribution in [0.3, 0.4) is 0 Å². The summed E-state index contributed by atoms with van der Waals surface area (Å²) in [6.45, 7) is 4.85. The summed E-state index contributed by atoms with van der Waals surface area (Å²) < 4.78 is 0. The smallest absolute Gasteiger partial charge is 0.186 e. The van der Waals surface area contributed by atoms with Crippen molar-refractivity contribution in [3.05, 3.63) is 21.9 Å². The van der Waals surface area contributed by atoms with E-state index in [0.717, 1.165) is 18.0 Å². The minimum Gasteiger partial charge on any atom is -0.296 e. The molecule has 1 aromatic heterocycles. The van der Waals surface area contributed by atoms with Crippen molar-refractivity contribution in [1.82, 2.24) is 4.90 Å². The van der Waals surface area contributed by atoms with Crippen molar-refractivity contribution >= 4 is 17.1 Å². The van der Waals surface area contributed by atoms with Crippen LogP contribution in [0.25, 0.3) is 0 Å². The van der Waals surface area contributed by atoms with Crippen LogP contribution in [0, 0.1) is 6.92 Å². The lowest BCUT2D eigenvalue weighted by atomic mass is 10.2. The summed E-state index contributed by atoms with van der Waals surface area (Å²) in [5, 5.41) is 0. The Balaban J connectivity index is 1.90. The molecule has 0 unspecified atom stereocenters. The Morgan fingerprint density at radius 3 is 2.50 bits per heavy atom. The van der Waals surface area contributed by atoms with Gasteiger partial charge in [-0.2, -0.15) is 0 Å². The largest absolute Gasteiger partial charge is 0.296 e. The Hall–Kier alpha value is -0.670. The van der Waals surface area contributed by atoms with E-state index in [0.29, 0.717) is 12.3 Å². The predicted octanol–water partition coefficient (Wildman–Crippen LogP) is 3.12. The molecule has 2 rings (SSSR count). The average molecular weight is 237 g/mol. The lowest BCUT2D eigenvalue weighted by Gasteiger charge is -2.17. The zero-order chi connectivity index (χ0) is 11.4. The van der Waals surface area contributed by atoms with E-state index in [9.17, 15) is 4.79 Å². The minimum atomic E-state index is 0.292. The van der Waals surface area contributed by atoms with Gasteiger partial charge in [0.15, 0.2) is 5.78 Å². The molecular formula is C13H19NOS. The minimum absolute atomic E-state index is 0.292. The molecular weight excluding hydrogens is 218 g/mol. The van der Waals surface area contributed by atoms with Crippen molar-refractivity contribution < 1.29 is 4.79 Å². The SMILES string of the molecule is Cc1ccc(C(=O)CN2CCCCCC2)s1. The van der Waals surface area contributed by atoms with Gasteiger partial charge in [0.1, 0.15) is 0 Å². The molecule has 88 valence electrons. The summed E-state index contributed by atoms with van der Waals surface area (Å²) in [5.74, 6) is 0.292. The maximum atomic E-state index is 12.0. The molecule has 2 nitrogen and oxygen atoms in total. The second-order valence-electron chi connectivity index (χ2n) is 4.52. The summed E-state index contributed by atoms with van der Waals surface area (Å²) in [4.78, 5) is 16.5. The van der Waals surface area contributed by atoms with Crippen LogP contribution < -0.4 is 0 Å². The fraction of sp³-hybridized carbons (Fsp3) is 0.615. The molecule has 3 heteroatoms. The van der Waals surface area contributed by atoms with Gasteiger partial charge in [-0.15, -0.1) is 11.3 Å². The van der Waals surface area contributed by atoms with Crippen molar-refractivity contribution in [3.8, 4) is 0 Å². The van der Waals surface area contributed by atoms with Gasteiger partial charge in [0, 0.05) is 4.88 Å². The van der Waals surface area contributed by atoms with E-state index in [1.165, 1.54) is 30.6 Å². The Kier molecular flexibility index (Phi) is 4.13. The first-order chi connectivity index (χ1) is 7.75. The molecule has 0 radical (unpaired) electrons. The second kappa shape index (κ2) is 5.60. The highest BCUT2D eigenvalue weighted by Crippen LogP contribution is 2.17. The molecule has 16 heavy (non-hydrogen) atoms. The second-order valence-corrected chi connectivity index (χ2v) is 5.81. The van der Waals surface area contributed by atoms with Crippen LogP contribution in [-0.2, 0) is 0 Å². The monoisotopic (exact) mass is 237 g/mol. The number of nitrogens with zero attached hydrogens (tertiary/aromatic N) is 1. The van der Waals surface area contributed by atoms with Crippen LogP contribution in [0.2, 0.25) is 0 Å². The van der Waals surface area contributed by atoms with E-state index >= 15 is 0 Å². The highest BCUT2D eigenvalue weighted by atomic mass is 32.1. The number of hydrogen-bond acceptors (Lipinski definition) is 3. The van der Waals surface area contributed by atoms with Gasteiger partial charge in [0.05, 0.1) is 11.4 Å². The first-order valence-corrected chi connectivity index (χ1v) is 6.89. The number of aryl methyl sites for hydroxylation is 1. The number of Topliss-reactive ketones (excluding diaryl/α,β-unsaturated/α-hetero) is 1. The van der Waals surface area contributed by atoms with Crippen molar-refractivity contribution in [2.45, 2.75) is 32.6 Å². The fourth-order valence-electron chi connectivity index (χ4n) is 2.16. The van der Waals surface area contributed by atoms with Crippen LogP contribution >= 0.6 is 11.3 Å². The quantitative estimate of drug-likeness (QED) is 0.753. The maximum Gasteiger partial charge on any atom is 0.186 e. The highest BCUT2D eigenvalue weighted by molar-refractivity contribution is 7.14. The number of thiophene rings is 1. The molecule has 0 aliphatic carbocycles. The van der Waals surface area contributed by atoms with E-state index in [2.05, 4.69) is 4.90 Å². The zero-order valence-electron chi connectivity index (χ0n) is 9.87. The summed E-state index contributed by atoms with van der Waals surface area (Å²) in [5.41, 5.74) is 0. The molecule has 1 aromatic rings. The van der Waals surface area contributed by atoms with Gasteiger partial charge in [-0.1, -0.05) is 12.8 Å². The molecule has 1 aliphatic rings. The van der Waals surface area contributed by atoms with E-state index in [1.807, 2.05) is 19.1 Å². The topological polar surface area (TPSA) is 20.3 Å². The van der Waals surface area contributed by atoms with Crippen LogP contribution in [0.15, 0.2) is 12.1 Å². The third-order valence-corrected chi connectivity index (χ3v) is 4.12. The van der Waals surface area contributed by atoms with E-state index in [4.69, 9.17) is 0 Å². The lowest BCUT2D eigenvalue weighted by Crippen LogP contribution is -2.30. The molecule has 0 N–H and O–H groups in total. The van der Waals surface area contributed by atoms with Crippen molar-refractivity contribution in [1.29, 1.82) is 0 Å². The normalized spacial score (nSPS) is 18.3. The van der Waals surface area contributed by atoms with Crippen LogP contribution in [0.5, 0.6) is 0 Å². The first kappa shape index (κ1) is 11.8. The molecule has 1 aliphatic heterocycles. The number of hydrogen-bond donors (Lipinski definition) is 0. The van der Waals surface area contributed by atoms with E-state index in [-0.39, 0.29) is 0 Å². The van der Waals surface area contributed by atoms with Crippen LogP contribution in [-0.4, -0.2) is 30.3 Å². The number of carbonyl (C=O) groups is 1. The number of rotatable bonds is 3. The average Bonchev–Trinajstić information content (AvgIpc) is 2.54. The van der Waals surface area contributed by atoms with E-state index < -0.39 is 0 Å². The van der Waals surface area contributed by atoms with Gasteiger partial charge in [0.2, 0.25) is 0 Å². The zero-order valence-corrected chi connectivity index (χ0v) is 10.7. The Morgan fingerprint density at radius 1 is 1.25 bits per heavy atom. The Labute approximate surface area is 101 Å². The molecule has 0 spiro atoms. The van der Waals surface area contributed by atoms with Crippen molar-refractivity contribution in [2.24, 2.45) is 0 Å². The fourth-order valence-corrected chi connectivity index (χ4v) is 2.96.